The van der Waals surface area contributed by atoms with Crippen LogP contribution in [0.2, 0.25) is 0 Å². The summed E-state index contributed by atoms with van der Waals surface area (Å²) in [6, 6.07) is 30.4. The van der Waals surface area contributed by atoms with E-state index in [-0.39, 0.29) is 124 Å². The van der Waals surface area contributed by atoms with E-state index < -0.39 is 56.0 Å². The number of para-hydroxylation sites is 2. The van der Waals surface area contributed by atoms with E-state index in [1.165, 1.54) is 28.4 Å². The molecule has 4 heterocycles. The third-order valence-corrected chi connectivity index (χ3v) is 20.3. The predicted molar refractivity (Wildman–Crippen MR) is 416 cm³/mol. The first-order valence-corrected chi connectivity index (χ1v) is 40.3. The number of Topliss-reactive ketones (excluding diaryl/α,β-unsaturated/α-hetero) is 2. The molecule has 112 heavy (non-hydrogen) atoms. The molecule has 0 aliphatic carbocycles. The average molecular weight is 1580 g/mol. The van der Waals surface area contributed by atoms with Gasteiger partial charge in [0.05, 0.1) is 83.5 Å². The Morgan fingerprint density at radius 3 is 1.40 bits per heavy atom. The molecule has 0 aromatic heterocycles. The number of hydrogen-bond acceptors (Lipinski definition) is 23. The molecule has 6 aromatic carbocycles. The molecule has 0 fully saturated rings. The molecule has 0 unspecified atom stereocenters. The van der Waals surface area contributed by atoms with Crippen LogP contribution in [0.3, 0.4) is 0 Å². The third-order valence-electron chi connectivity index (χ3n) is 19.3. The van der Waals surface area contributed by atoms with Gasteiger partial charge < -0.3 is 54.6 Å². The van der Waals surface area contributed by atoms with Gasteiger partial charge in [0.1, 0.15) is 13.2 Å². The summed E-state index contributed by atoms with van der Waals surface area (Å²) in [6.07, 6.45) is 8.75. The molecule has 0 saturated heterocycles. The van der Waals surface area contributed by atoms with Gasteiger partial charge in [-0.3, -0.25) is 66.2 Å². The van der Waals surface area contributed by atoms with Crippen molar-refractivity contribution in [1.29, 1.82) is 0 Å². The molecule has 6 atom stereocenters. The number of esters is 2. The Labute approximate surface area is 651 Å². The second-order valence-electron chi connectivity index (χ2n) is 28.1. The quantitative estimate of drug-likeness (QED) is 0.0161. The number of hydrogen-bond donors (Lipinski definition) is 4. The number of amides is 6. The molecule has 29 nitrogen and oxygen atoms in total. The number of methoxy groups -OCH3 is 4. The summed E-state index contributed by atoms with van der Waals surface area (Å²) < 4.78 is 90.1. The highest BCUT2D eigenvalue weighted by Gasteiger charge is 2.39. The van der Waals surface area contributed by atoms with Crippen LogP contribution in [0.4, 0.5) is 28.4 Å². The van der Waals surface area contributed by atoms with E-state index >= 15 is 0 Å². The van der Waals surface area contributed by atoms with Gasteiger partial charge in [0.15, 0.2) is 34.6 Å². The summed E-state index contributed by atoms with van der Waals surface area (Å²) in [7, 11) is -2.03. The van der Waals surface area contributed by atoms with Crippen LogP contribution in [0.1, 0.15) is 158 Å². The van der Waals surface area contributed by atoms with E-state index in [0.717, 1.165) is 53.4 Å². The van der Waals surface area contributed by atoms with Crippen molar-refractivity contribution in [2.45, 2.75) is 168 Å². The molecule has 4 aliphatic heterocycles. The zero-order valence-electron chi connectivity index (χ0n) is 64.3. The van der Waals surface area contributed by atoms with E-state index in [0.29, 0.717) is 112 Å². The van der Waals surface area contributed by atoms with Crippen LogP contribution in [0.5, 0.6) is 23.0 Å². The zero-order valence-corrected chi connectivity index (χ0v) is 65.9. The number of ketones is 2. The molecule has 0 radical (unpaired) electrons. The van der Waals surface area contributed by atoms with Crippen LogP contribution in [0, 0.1) is 11.8 Å². The Morgan fingerprint density at radius 2 is 0.929 bits per heavy atom. The van der Waals surface area contributed by atoms with Crippen LogP contribution < -0.4 is 50.0 Å². The van der Waals surface area contributed by atoms with Crippen LogP contribution in [-0.2, 0) is 122 Å². The molecule has 0 saturated carbocycles. The second kappa shape index (κ2) is 38.8. The average Bonchev–Trinajstić information content (AvgIpc) is 1.60. The van der Waals surface area contributed by atoms with E-state index in [1.54, 1.807) is 93.4 Å². The van der Waals surface area contributed by atoms with Crippen LogP contribution in [0.15, 0.2) is 114 Å². The van der Waals surface area contributed by atoms with Crippen LogP contribution >= 0.6 is 0 Å². The topological polar surface area (TPSA) is 380 Å². The van der Waals surface area contributed by atoms with Gasteiger partial charge in [-0.25, -0.2) is 0 Å². The number of anilines is 4. The Balaban J connectivity index is 0.000000257. The maximum absolute atomic E-state index is 13.9. The Morgan fingerprint density at radius 1 is 0.500 bits per heavy atom. The van der Waals surface area contributed by atoms with Crippen molar-refractivity contribution in [2.75, 3.05) is 61.4 Å². The van der Waals surface area contributed by atoms with Gasteiger partial charge >= 0.3 is 11.9 Å². The molecule has 6 aromatic rings. The summed E-state index contributed by atoms with van der Waals surface area (Å²) in [5, 5.41) is 10.9. The number of aliphatic imine (C=N–C) groups is 1. The molecule has 0 spiro atoms. The smallest absolute Gasteiger partial charge is 0.305 e. The highest BCUT2D eigenvalue weighted by atomic mass is 32.2. The first kappa shape index (κ1) is 85.1. The SMILES string of the molecule is COC(=O)CCCCC(=O)N[C@@H](C)C(=O)C[C@@H](C)C(=O)Nc1cc(COc2cc3c(cc2OC)C(=O)N2c4ccccc4C[C@H]2C=N3)cc(COS(C)(=O)=O)c1.COC(=O)CCCCC(=O)N[C@@H](C)C(=O)C[C@@H](C)C(=O)Nc1cc(COc2cc3c(cc2OC)C(=O)N2c4ccccc4C[C@H]2CC3)cc(COS(C)(=O)=O)c1. The summed E-state index contributed by atoms with van der Waals surface area (Å²) in [6.45, 7) is 5.59. The number of rotatable bonds is 36. The predicted octanol–water partition coefficient (Wildman–Crippen LogP) is 9.85. The number of ether oxygens (including phenoxy) is 6. The minimum atomic E-state index is -3.79. The number of nitrogens with one attached hydrogen (secondary N) is 4. The Hall–Kier alpha value is -10.9. The summed E-state index contributed by atoms with van der Waals surface area (Å²) in [5.41, 5.74) is 8.75. The zero-order chi connectivity index (χ0) is 81.1. The summed E-state index contributed by atoms with van der Waals surface area (Å²) in [4.78, 5) is 135. The monoisotopic (exact) mass is 1580 g/mol. The maximum atomic E-state index is 13.9. The third kappa shape index (κ3) is 23.6. The van der Waals surface area contributed by atoms with E-state index in [9.17, 15) is 64.8 Å². The fourth-order valence-corrected chi connectivity index (χ4v) is 14.0. The molecule has 4 aliphatic rings. The molecule has 6 amide bonds. The van der Waals surface area contributed by atoms with Crippen molar-refractivity contribution < 1.29 is 102 Å². The normalized spacial score (nSPS) is 15.6. The molecule has 10 rings (SSSR count). The number of benzene rings is 6. The number of carbonyl (C=O) groups is 10. The lowest BCUT2D eigenvalue weighted by molar-refractivity contribution is -0.141. The largest absolute Gasteiger partial charge is 0.493 e. The first-order chi connectivity index (χ1) is 53.3. The summed E-state index contributed by atoms with van der Waals surface area (Å²) in [5.74, 6) is -3.47. The maximum Gasteiger partial charge on any atom is 0.305 e. The van der Waals surface area contributed by atoms with Gasteiger partial charge in [0.2, 0.25) is 23.6 Å². The van der Waals surface area contributed by atoms with Crippen LogP contribution in [0.25, 0.3) is 0 Å². The molecule has 31 heteroatoms. The van der Waals surface area contributed by atoms with Crippen molar-refractivity contribution in [2.24, 2.45) is 16.8 Å². The molecule has 4 N–H and O–H groups in total. The minimum absolute atomic E-state index is 0.00521. The van der Waals surface area contributed by atoms with Crippen molar-refractivity contribution in [3.8, 4) is 23.0 Å². The number of fused-ring (bicyclic) bond motifs is 8. The number of unbranched alkanes of at least 4 members (excludes halogenated alkanes) is 2. The molecular formula is C81H95N7O22S2. The van der Waals surface area contributed by atoms with E-state index in [4.69, 9.17) is 27.3 Å². The van der Waals surface area contributed by atoms with E-state index in [2.05, 4.69) is 41.8 Å². The van der Waals surface area contributed by atoms with Crippen LogP contribution in [-0.4, -0.2) is 147 Å². The highest BCUT2D eigenvalue weighted by molar-refractivity contribution is 7.86. The summed E-state index contributed by atoms with van der Waals surface area (Å²) >= 11 is 0. The van der Waals surface area contributed by atoms with Crippen molar-refractivity contribution in [1.82, 2.24) is 10.6 Å². The number of aryl methyl sites for hydroxylation is 1. The first-order valence-electron chi connectivity index (χ1n) is 36.7. The molecule has 598 valence electrons. The lowest BCUT2D eigenvalue weighted by Crippen LogP contribution is -2.39. The van der Waals surface area contributed by atoms with Crippen molar-refractivity contribution in [3.63, 3.8) is 0 Å². The van der Waals surface area contributed by atoms with Crippen molar-refractivity contribution in [3.05, 3.63) is 159 Å². The van der Waals surface area contributed by atoms with Gasteiger partial charge in [-0.1, -0.05) is 50.2 Å². The number of nitrogens with zero attached hydrogens (tertiary/aromatic N) is 3. The molecule has 0 bridgehead atoms. The minimum Gasteiger partial charge on any atom is -0.493 e. The second-order valence-corrected chi connectivity index (χ2v) is 31.4. The lowest BCUT2D eigenvalue weighted by atomic mass is 9.99. The highest BCUT2D eigenvalue weighted by Crippen LogP contribution is 2.43. The van der Waals surface area contributed by atoms with Gasteiger partial charge in [-0.15, -0.1) is 0 Å². The van der Waals surface area contributed by atoms with Gasteiger partial charge in [-0.2, -0.15) is 16.8 Å². The number of carbonyl (C=O) groups excluding carboxylic acids is 10. The van der Waals surface area contributed by atoms with Gasteiger partial charge in [-0.05, 0) is 164 Å². The standard InChI is InChI=1S/C41H49N3O11S.C40H46N4O11S/c1-25(16-35(45)26(2)42-38(46)12-8-9-13-39(47)53-4)40(48)43-31-18-27(17-28(19-31)24-55-56(5,50)51)23-54-37-21-29-14-15-32-20-30-10-6-7-11-34(30)44(32)41(49)33(29)22-36(37)52-3;1-24(14-34(45)25(2)42-37(46)12-8-9-13-38(47)53-4)39(48)43-29-16-26(15-27(17-29)23-55-56(5,50)51)22-54-36-20-32-31(19-35(36)52-3)40(49)44-30(21-41-32)18-28-10-6-7-11-33(28)44/h6-7,10-11,17-19,21-22,25-26,32H,8-9,12-16,20,23-24H2,1-5H3,(H,42,46)(H,43,48);6-7,10-11,15-17,19-21,24-25,30H,8-9,12-14,18,22-23H2,1-5H3,(H,42,46)(H,43,48)/t25-,26+,32-;24-,25+,30+/m11/s1. The van der Waals surface area contributed by atoms with E-state index in [1.807, 2.05) is 53.4 Å². The fraction of sp³-hybridized carbons (Fsp3) is 0.420. The lowest BCUT2D eigenvalue weighted by Gasteiger charge is -2.23. The Kier molecular flexibility index (Phi) is 29.5. The van der Waals surface area contributed by atoms with Gasteiger partial charge in [0.25, 0.3) is 32.1 Å². The van der Waals surface area contributed by atoms with Crippen molar-refractivity contribution >= 4 is 114 Å². The molecular weight excluding hydrogens is 1490 g/mol. The Bertz CT molecular complexity index is 4810. The fourth-order valence-electron chi connectivity index (χ4n) is 13.3. The van der Waals surface area contributed by atoms with Gasteiger partial charge in [0, 0.05) is 103 Å².